The van der Waals surface area contributed by atoms with Gasteiger partial charge in [-0.2, -0.15) is 0 Å². The monoisotopic (exact) mass is 233 g/mol. The summed E-state index contributed by atoms with van der Waals surface area (Å²) in [5.41, 5.74) is 1.32. The zero-order chi connectivity index (χ0) is 12.1. The van der Waals surface area contributed by atoms with Gasteiger partial charge in [-0.3, -0.25) is 9.69 Å². The molecule has 2 rings (SSSR count). The van der Waals surface area contributed by atoms with Crippen LogP contribution >= 0.6 is 0 Å². The van der Waals surface area contributed by atoms with Crippen molar-refractivity contribution >= 4 is 5.97 Å². The van der Waals surface area contributed by atoms with Gasteiger partial charge in [0.25, 0.3) is 0 Å². The van der Waals surface area contributed by atoms with E-state index in [0.29, 0.717) is 6.61 Å². The highest BCUT2D eigenvalue weighted by Crippen LogP contribution is 2.19. The first-order valence-electron chi connectivity index (χ1n) is 6.26. The number of hydrogen-bond acceptors (Lipinski definition) is 3. The molecule has 0 bridgehead atoms. The molecule has 0 spiro atoms. The van der Waals surface area contributed by atoms with Crippen molar-refractivity contribution in [3.63, 3.8) is 0 Å². The first kappa shape index (κ1) is 12.1. The van der Waals surface area contributed by atoms with Crippen molar-refractivity contribution in [2.45, 2.75) is 25.8 Å². The Balaban J connectivity index is 1.78. The smallest absolute Gasteiger partial charge is 0.323 e. The molecule has 1 fully saturated rings. The first-order valence-corrected chi connectivity index (χ1v) is 6.26. The predicted molar refractivity (Wildman–Crippen MR) is 66.8 cm³/mol. The maximum absolute atomic E-state index is 11.6. The van der Waals surface area contributed by atoms with Crippen LogP contribution in [0.1, 0.15) is 18.9 Å². The average Bonchev–Trinajstić information content (AvgIpc) is 2.29. The third-order valence-corrected chi connectivity index (χ3v) is 3.22. The highest BCUT2D eigenvalue weighted by Gasteiger charge is 2.34. The number of likely N-dealkylation sites (tertiary alicyclic amines) is 1. The fourth-order valence-electron chi connectivity index (χ4n) is 2.13. The average molecular weight is 233 g/mol. The SMILES string of the molecule is CCOC(=O)[C@H]1CCN1CCc1ccccc1. The molecule has 0 unspecified atom stereocenters. The van der Waals surface area contributed by atoms with Crippen molar-refractivity contribution < 1.29 is 9.53 Å². The van der Waals surface area contributed by atoms with Crippen LogP contribution in [0.25, 0.3) is 0 Å². The highest BCUT2D eigenvalue weighted by atomic mass is 16.5. The molecule has 1 aromatic rings. The number of esters is 1. The summed E-state index contributed by atoms with van der Waals surface area (Å²) < 4.78 is 5.05. The number of nitrogens with zero attached hydrogens (tertiary/aromatic N) is 1. The van der Waals surface area contributed by atoms with E-state index in [9.17, 15) is 4.79 Å². The van der Waals surface area contributed by atoms with Gasteiger partial charge in [-0.05, 0) is 25.3 Å². The fraction of sp³-hybridized carbons (Fsp3) is 0.500. The van der Waals surface area contributed by atoms with Gasteiger partial charge < -0.3 is 4.74 Å². The molecule has 0 aromatic heterocycles. The Kier molecular flexibility index (Phi) is 4.15. The molecule has 1 saturated heterocycles. The molecule has 0 aliphatic carbocycles. The molecule has 1 aliphatic heterocycles. The zero-order valence-corrected chi connectivity index (χ0v) is 10.3. The number of benzene rings is 1. The van der Waals surface area contributed by atoms with Crippen LogP contribution in [0.3, 0.4) is 0 Å². The van der Waals surface area contributed by atoms with E-state index in [2.05, 4.69) is 17.0 Å². The second-order valence-electron chi connectivity index (χ2n) is 4.33. The molecular formula is C14H19NO2. The Morgan fingerprint density at radius 2 is 2.18 bits per heavy atom. The maximum Gasteiger partial charge on any atom is 0.323 e. The summed E-state index contributed by atoms with van der Waals surface area (Å²) in [6.45, 7) is 4.27. The molecule has 3 nitrogen and oxygen atoms in total. The van der Waals surface area contributed by atoms with Crippen molar-refractivity contribution in [2.75, 3.05) is 19.7 Å². The largest absolute Gasteiger partial charge is 0.465 e. The van der Waals surface area contributed by atoms with Gasteiger partial charge in [0.2, 0.25) is 0 Å². The second-order valence-corrected chi connectivity index (χ2v) is 4.33. The molecule has 0 saturated carbocycles. The van der Waals surface area contributed by atoms with Crippen molar-refractivity contribution in [3.8, 4) is 0 Å². The van der Waals surface area contributed by atoms with E-state index in [1.165, 1.54) is 5.56 Å². The van der Waals surface area contributed by atoms with Crippen LogP contribution in [0.4, 0.5) is 0 Å². The van der Waals surface area contributed by atoms with Crippen LogP contribution in [0, 0.1) is 0 Å². The molecule has 92 valence electrons. The van der Waals surface area contributed by atoms with Crippen molar-refractivity contribution in [2.24, 2.45) is 0 Å². The summed E-state index contributed by atoms with van der Waals surface area (Å²) in [5.74, 6) is -0.0631. The lowest BCUT2D eigenvalue weighted by Crippen LogP contribution is -2.53. The summed E-state index contributed by atoms with van der Waals surface area (Å²) in [5, 5.41) is 0. The van der Waals surface area contributed by atoms with Crippen LogP contribution < -0.4 is 0 Å². The summed E-state index contributed by atoms with van der Waals surface area (Å²) in [4.78, 5) is 13.8. The molecule has 0 radical (unpaired) electrons. The van der Waals surface area contributed by atoms with E-state index in [1.54, 1.807) is 0 Å². The minimum Gasteiger partial charge on any atom is -0.465 e. The highest BCUT2D eigenvalue weighted by molar-refractivity contribution is 5.76. The van der Waals surface area contributed by atoms with Gasteiger partial charge in [-0.15, -0.1) is 0 Å². The van der Waals surface area contributed by atoms with Crippen LogP contribution in [0.15, 0.2) is 30.3 Å². The molecule has 3 heteroatoms. The van der Waals surface area contributed by atoms with Gasteiger partial charge >= 0.3 is 5.97 Å². The van der Waals surface area contributed by atoms with E-state index in [4.69, 9.17) is 4.74 Å². The normalized spacial score (nSPS) is 19.7. The topological polar surface area (TPSA) is 29.5 Å². The Morgan fingerprint density at radius 1 is 1.41 bits per heavy atom. The molecule has 0 N–H and O–H groups in total. The molecule has 1 heterocycles. The second kappa shape index (κ2) is 5.82. The van der Waals surface area contributed by atoms with Crippen LogP contribution in [-0.2, 0) is 16.0 Å². The summed E-state index contributed by atoms with van der Waals surface area (Å²) >= 11 is 0. The molecule has 1 aliphatic rings. The van der Waals surface area contributed by atoms with Crippen LogP contribution in [0.5, 0.6) is 0 Å². The lowest BCUT2D eigenvalue weighted by molar-refractivity contribution is -0.154. The molecule has 1 atom stereocenters. The molecule has 17 heavy (non-hydrogen) atoms. The number of rotatable bonds is 5. The van der Waals surface area contributed by atoms with Crippen molar-refractivity contribution in [1.29, 1.82) is 0 Å². The van der Waals surface area contributed by atoms with E-state index in [0.717, 1.165) is 25.9 Å². The van der Waals surface area contributed by atoms with Gasteiger partial charge in [0.1, 0.15) is 6.04 Å². The minimum absolute atomic E-state index is 0.00124. The van der Waals surface area contributed by atoms with Gasteiger partial charge in [-0.25, -0.2) is 0 Å². The lowest BCUT2D eigenvalue weighted by Gasteiger charge is -2.38. The number of carbonyl (C=O) groups is 1. The lowest BCUT2D eigenvalue weighted by atomic mass is 10.0. The van der Waals surface area contributed by atoms with Gasteiger partial charge in [0.15, 0.2) is 0 Å². The predicted octanol–water partition coefficient (Wildman–Crippen LogP) is 1.87. The maximum atomic E-state index is 11.6. The summed E-state index contributed by atoms with van der Waals surface area (Å²) in [6, 6.07) is 10.4. The zero-order valence-electron chi connectivity index (χ0n) is 10.3. The van der Waals surface area contributed by atoms with Crippen molar-refractivity contribution in [1.82, 2.24) is 4.90 Å². The Morgan fingerprint density at radius 3 is 2.76 bits per heavy atom. The van der Waals surface area contributed by atoms with E-state index < -0.39 is 0 Å². The Hall–Kier alpha value is -1.35. The van der Waals surface area contributed by atoms with Crippen LogP contribution in [0.2, 0.25) is 0 Å². The summed E-state index contributed by atoms with van der Waals surface area (Å²) in [7, 11) is 0. The summed E-state index contributed by atoms with van der Waals surface area (Å²) in [6.07, 6.45) is 1.93. The number of hydrogen-bond donors (Lipinski definition) is 0. The molecular weight excluding hydrogens is 214 g/mol. The van der Waals surface area contributed by atoms with Gasteiger partial charge in [0.05, 0.1) is 6.61 Å². The molecule has 0 amide bonds. The third-order valence-electron chi connectivity index (χ3n) is 3.22. The first-order chi connectivity index (χ1) is 8.31. The standard InChI is InChI=1S/C14H19NO2/c1-2-17-14(16)13-9-11-15(13)10-8-12-6-4-3-5-7-12/h3-7,13H,2,8-11H2,1H3/t13-/m1/s1. The van der Waals surface area contributed by atoms with E-state index >= 15 is 0 Å². The van der Waals surface area contributed by atoms with Crippen molar-refractivity contribution in [3.05, 3.63) is 35.9 Å². The van der Waals surface area contributed by atoms with Gasteiger partial charge in [-0.1, -0.05) is 30.3 Å². The van der Waals surface area contributed by atoms with Crippen LogP contribution in [-0.4, -0.2) is 36.6 Å². The fourth-order valence-corrected chi connectivity index (χ4v) is 2.13. The van der Waals surface area contributed by atoms with E-state index in [1.807, 2.05) is 25.1 Å². The quantitative estimate of drug-likeness (QED) is 0.727. The third kappa shape index (κ3) is 3.07. The Labute approximate surface area is 102 Å². The van der Waals surface area contributed by atoms with Gasteiger partial charge in [0, 0.05) is 13.1 Å². The number of carbonyl (C=O) groups excluding carboxylic acids is 1. The molecule has 1 aromatic carbocycles. The Bertz CT molecular complexity index is 364. The minimum atomic E-state index is -0.0631. The number of ether oxygens (including phenoxy) is 1. The van der Waals surface area contributed by atoms with E-state index in [-0.39, 0.29) is 12.0 Å².